The van der Waals surface area contributed by atoms with Gasteiger partial charge in [0.05, 0.1) is 48.0 Å². The zero-order chi connectivity index (χ0) is 25.6. The molecule has 35 heavy (non-hydrogen) atoms. The zero-order valence-corrected chi connectivity index (χ0v) is 21.5. The molecule has 2 aromatic carbocycles. The minimum atomic E-state index is -0.643. The number of rotatable bonds is 8. The molecule has 0 bridgehead atoms. The fourth-order valence-electron chi connectivity index (χ4n) is 2.90. The van der Waals surface area contributed by atoms with E-state index in [0.29, 0.717) is 44.2 Å². The number of carbonyl (C=O) groups excluding carboxylic acids is 1. The molecule has 0 aliphatic carbocycles. The Morgan fingerprint density at radius 3 is 2.37 bits per heavy atom. The van der Waals surface area contributed by atoms with Crippen LogP contribution in [0.2, 0.25) is 10.0 Å². The van der Waals surface area contributed by atoms with Crippen molar-refractivity contribution in [3.05, 3.63) is 58.3 Å². The van der Waals surface area contributed by atoms with Crippen LogP contribution in [0.15, 0.2) is 42.7 Å². The lowest BCUT2D eigenvalue weighted by Crippen LogP contribution is -2.27. The summed E-state index contributed by atoms with van der Waals surface area (Å²) in [6.45, 7) is 5.48. The first-order valence-electron chi connectivity index (χ1n) is 10.5. The van der Waals surface area contributed by atoms with E-state index in [9.17, 15) is 4.79 Å². The molecule has 11 heteroatoms. The van der Waals surface area contributed by atoms with Gasteiger partial charge >= 0.3 is 6.09 Å². The Bertz CT molecular complexity index is 1180. The Hall–Kier alpha value is -3.43. The lowest BCUT2D eigenvalue weighted by molar-refractivity contribution is 0.0636. The Kier molecular flexibility index (Phi) is 8.48. The second-order valence-corrected chi connectivity index (χ2v) is 9.03. The van der Waals surface area contributed by atoms with Crippen LogP contribution < -0.4 is 24.8 Å². The van der Waals surface area contributed by atoms with E-state index >= 15 is 0 Å². The summed E-state index contributed by atoms with van der Waals surface area (Å²) < 4.78 is 21.6. The average molecular weight is 521 g/mol. The standard InChI is InChI=1S/C24H26Cl2N4O5/c1-24(2,3)35-23(31)29-18-8-6-7-17(25)21(18)30-22-27-11-16(12-28-22)34-13-14-9-15(32-4)10-19(33-5)20(14)26/h6-12H,13H2,1-5H3,(H,29,31)(H,27,28,30). The maximum Gasteiger partial charge on any atom is 0.412 e. The molecule has 186 valence electrons. The Morgan fingerprint density at radius 1 is 1.03 bits per heavy atom. The Labute approximate surface area is 213 Å². The Morgan fingerprint density at radius 2 is 1.74 bits per heavy atom. The molecule has 3 rings (SSSR count). The van der Waals surface area contributed by atoms with Gasteiger partial charge in [-0.3, -0.25) is 5.32 Å². The molecular weight excluding hydrogens is 495 g/mol. The van der Waals surface area contributed by atoms with Crippen LogP contribution in [0.3, 0.4) is 0 Å². The van der Waals surface area contributed by atoms with Gasteiger partial charge in [-0.05, 0) is 39.0 Å². The van der Waals surface area contributed by atoms with Crippen molar-refractivity contribution in [1.29, 1.82) is 0 Å². The fraction of sp³-hybridized carbons (Fsp3) is 0.292. The number of aromatic nitrogens is 2. The number of carbonyl (C=O) groups is 1. The molecule has 9 nitrogen and oxygen atoms in total. The van der Waals surface area contributed by atoms with Gasteiger partial charge in [-0.2, -0.15) is 0 Å². The minimum Gasteiger partial charge on any atom is -0.497 e. The molecule has 1 aromatic heterocycles. The predicted molar refractivity (Wildman–Crippen MR) is 136 cm³/mol. The first-order chi connectivity index (χ1) is 16.6. The highest BCUT2D eigenvalue weighted by Gasteiger charge is 2.18. The number of halogens is 2. The van der Waals surface area contributed by atoms with Crippen LogP contribution in [-0.4, -0.2) is 35.9 Å². The third-order valence-corrected chi connectivity index (χ3v) is 5.20. The number of nitrogens with zero attached hydrogens (tertiary/aromatic N) is 2. The van der Waals surface area contributed by atoms with Gasteiger partial charge in [0.15, 0.2) is 5.75 Å². The maximum absolute atomic E-state index is 12.2. The second-order valence-electron chi connectivity index (χ2n) is 8.25. The van der Waals surface area contributed by atoms with Gasteiger partial charge in [0, 0.05) is 11.6 Å². The molecule has 0 saturated heterocycles. The smallest absolute Gasteiger partial charge is 0.412 e. The van der Waals surface area contributed by atoms with Crippen molar-refractivity contribution in [3.8, 4) is 17.2 Å². The van der Waals surface area contributed by atoms with E-state index < -0.39 is 11.7 Å². The van der Waals surface area contributed by atoms with Crippen molar-refractivity contribution in [2.45, 2.75) is 33.0 Å². The van der Waals surface area contributed by atoms with E-state index in [4.69, 9.17) is 42.1 Å². The van der Waals surface area contributed by atoms with Crippen molar-refractivity contribution in [3.63, 3.8) is 0 Å². The summed E-state index contributed by atoms with van der Waals surface area (Å²) in [6.07, 6.45) is 2.39. The topological polar surface area (TPSA) is 104 Å². The van der Waals surface area contributed by atoms with Gasteiger partial charge in [0.2, 0.25) is 5.95 Å². The molecule has 0 unspecified atom stereocenters. The number of amides is 1. The number of ether oxygens (including phenoxy) is 4. The molecule has 1 heterocycles. The molecule has 0 fully saturated rings. The van der Waals surface area contributed by atoms with Gasteiger partial charge in [-0.25, -0.2) is 14.8 Å². The van der Waals surface area contributed by atoms with E-state index in [1.165, 1.54) is 19.5 Å². The average Bonchev–Trinajstić information content (AvgIpc) is 2.80. The summed E-state index contributed by atoms with van der Waals surface area (Å²) in [5.74, 6) is 1.74. The zero-order valence-electron chi connectivity index (χ0n) is 19.9. The van der Waals surface area contributed by atoms with Crippen LogP contribution in [0.1, 0.15) is 26.3 Å². The molecule has 2 N–H and O–H groups in total. The van der Waals surface area contributed by atoms with Crippen molar-refractivity contribution in [1.82, 2.24) is 9.97 Å². The quantitative estimate of drug-likeness (QED) is 0.348. The van der Waals surface area contributed by atoms with Gasteiger partial charge in [0.25, 0.3) is 0 Å². The first kappa shape index (κ1) is 26.2. The van der Waals surface area contributed by atoms with Crippen LogP contribution in [0.5, 0.6) is 17.2 Å². The normalized spacial score (nSPS) is 10.9. The van der Waals surface area contributed by atoms with Crippen LogP contribution in [0.4, 0.5) is 22.1 Å². The second kappa shape index (κ2) is 11.3. The van der Waals surface area contributed by atoms with Crippen molar-refractivity contribution >= 4 is 46.6 Å². The molecule has 3 aromatic rings. The molecular formula is C24H26Cl2N4O5. The van der Waals surface area contributed by atoms with Crippen LogP contribution >= 0.6 is 23.2 Å². The van der Waals surface area contributed by atoms with E-state index in [1.807, 2.05) is 0 Å². The van der Waals surface area contributed by atoms with Gasteiger partial charge < -0.3 is 24.3 Å². The third-order valence-electron chi connectivity index (χ3n) is 4.45. The highest BCUT2D eigenvalue weighted by Crippen LogP contribution is 2.34. The molecule has 0 aliphatic heterocycles. The fourth-order valence-corrected chi connectivity index (χ4v) is 3.36. The predicted octanol–water partition coefficient (Wildman–Crippen LogP) is 6.47. The van der Waals surface area contributed by atoms with Crippen molar-refractivity contribution < 1.29 is 23.7 Å². The van der Waals surface area contributed by atoms with E-state index in [1.54, 1.807) is 58.2 Å². The highest BCUT2D eigenvalue weighted by molar-refractivity contribution is 6.34. The van der Waals surface area contributed by atoms with Crippen molar-refractivity contribution in [2.75, 3.05) is 24.9 Å². The summed E-state index contributed by atoms with van der Waals surface area (Å²) in [6, 6.07) is 8.51. The molecule has 0 saturated carbocycles. The lowest BCUT2D eigenvalue weighted by atomic mass is 10.2. The maximum atomic E-state index is 12.2. The number of para-hydroxylation sites is 1. The highest BCUT2D eigenvalue weighted by atomic mass is 35.5. The van der Waals surface area contributed by atoms with Gasteiger partial charge in [0.1, 0.15) is 23.7 Å². The number of methoxy groups -OCH3 is 2. The number of nitrogens with one attached hydrogen (secondary N) is 2. The molecule has 0 radical (unpaired) electrons. The molecule has 1 amide bonds. The SMILES string of the molecule is COc1cc(COc2cnc(Nc3c(Cl)cccc3NC(=O)OC(C)(C)C)nc2)c(Cl)c(OC)c1. The summed E-state index contributed by atoms with van der Waals surface area (Å²) in [5.41, 5.74) is 0.871. The number of benzene rings is 2. The summed E-state index contributed by atoms with van der Waals surface area (Å²) in [5, 5.41) is 6.49. The lowest BCUT2D eigenvalue weighted by Gasteiger charge is -2.20. The summed E-state index contributed by atoms with van der Waals surface area (Å²) >= 11 is 12.7. The summed E-state index contributed by atoms with van der Waals surface area (Å²) in [4.78, 5) is 20.7. The van der Waals surface area contributed by atoms with E-state index in [0.717, 1.165) is 0 Å². The van der Waals surface area contributed by atoms with Gasteiger partial charge in [-0.1, -0.05) is 29.3 Å². The van der Waals surface area contributed by atoms with Gasteiger partial charge in [-0.15, -0.1) is 0 Å². The largest absolute Gasteiger partial charge is 0.497 e. The molecule has 0 aliphatic rings. The van der Waals surface area contributed by atoms with Crippen LogP contribution in [-0.2, 0) is 11.3 Å². The molecule has 0 spiro atoms. The van der Waals surface area contributed by atoms with E-state index in [2.05, 4.69) is 20.6 Å². The molecule has 0 atom stereocenters. The Balaban J connectivity index is 1.70. The summed E-state index contributed by atoms with van der Waals surface area (Å²) in [7, 11) is 3.08. The number of hydrogen-bond acceptors (Lipinski definition) is 8. The monoisotopic (exact) mass is 520 g/mol. The first-order valence-corrected chi connectivity index (χ1v) is 11.3. The van der Waals surface area contributed by atoms with E-state index in [-0.39, 0.29) is 12.6 Å². The van der Waals surface area contributed by atoms with Crippen LogP contribution in [0, 0.1) is 0 Å². The number of anilines is 3. The third kappa shape index (κ3) is 7.27. The van der Waals surface area contributed by atoms with Crippen LogP contribution in [0.25, 0.3) is 0 Å². The minimum absolute atomic E-state index is 0.150. The van der Waals surface area contributed by atoms with Crippen molar-refractivity contribution in [2.24, 2.45) is 0 Å². The number of hydrogen-bond donors (Lipinski definition) is 2.